The number of nitrogens with one attached hydrogen (secondary N) is 1. The van der Waals surface area contributed by atoms with E-state index in [4.69, 9.17) is 14.2 Å². The monoisotopic (exact) mass is 564 g/mol. The van der Waals surface area contributed by atoms with Crippen molar-refractivity contribution in [3.05, 3.63) is 99.4 Å². The second-order valence-corrected chi connectivity index (χ2v) is 9.50. The van der Waals surface area contributed by atoms with Gasteiger partial charge in [-0.15, -0.1) is 0 Å². The van der Waals surface area contributed by atoms with Crippen LogP contribution in [0.25, 0.3) is 0 Å². The molecule has 11 nitrogen and oxygen atoms in total. The van der Waals surface area contributed by atoms with Crippen LogP contribution in [0, 0.1) is 15.9 Å². The average molecular weight is 565 g/mol. The Morgan fingerprint density at radius 3 is 2.27 bits per heavy atom. The summed E-state index contributed by atoms with van der Waals surface area (Å²) < 4.78 is 32.7. The summed E-state index contributed by atoms with van der Waals surface area (Å²) >= 11 is 0. The predicted molar refractivity (Wildman–Crippen MR) is 140 cm³/mol. The fourth-order valence-corrected chi connectivity index (χ4v) is 5.76. The van der Waals surface area contributed by atoms with Crippen molar-refractivity contribution >= 4 is 23.4 Å². The summed E-state index contributed by atoms with van der Waals surface area (Å²) in [6, 6.07) is 12.8. The third-order valence-electron chi connectivity index (χ3n) is 7.37. The van der Waals surface area contributed by atoms with Gasteiger partial charge >= 0.3 is 11.9 Å². The van der Waals surface area contributed by atoms with Crippen LogP contribution in [-0.2, 0) is 19.1 Å². The highest BCUT2D eigenvalue weighted by Gasteiger charge is 2.77. The number of non-ortho nitro benzene ring substituents is 1. The molecule has 0 aromatic heterocycles. The molecule has 3 aromatic carbocycles. The number of phenolic OH excluding ortho intramolecular Hbond substituents is 1. The summed E-state index contributed by atoms with van der Waals surface area (Å²) in [5.41, 5.74) is -5.79. The molecule has 1 fully saturated rings. The molecule has 0 amide bonds. The summed E-state index contributed by atoms with van der Waals surface area (Å²) in [7, 11) is 0. The molecular formula is C29H25FN2O9. The van der Waals surface area contributed by atoms with Gasteiger partial charge in [-0.2, -0.15) is 0 Å². The number of halogens is 1. The molecule has 3 atom stereocenters. The number of aromatic hydroxyl groups is 1. The minimum absolute atomic E-state index is 0.0640. The first-order valence-corrected chi connectivity index (χ1v) is 12.8. The van der Waals surface area contributed by atoms with Gasteiger partial charge in [0.15, 0.2) is 0 Å². The predicted octanol–water partition coefficient (Wildman–Crippen LogP) is 3.75. The van der Waals surface area contributed by atoms with Gasteiger partial charge < -0.3 is 19.3 Å². The van der Waals surface area contributed by atoms with Crippen LogP contribution in [0.3, 0.4) is 0 Å². The number of phenols is 1. The second kappa shape index (κ2) is 10.3. The maximum atomic E-state index is 15.7. The Morgan fingerprint density at radius 2 is 1.66 bits per heavy atom. The van der Waals surface area contributed by atoms with Crippen molar-refractivity contribution in [2.45, 2.75) is 36.9 Å². The van der Waals surface area contributed by atoms with E-state index in [9.17, 15) is 29.6 Å². The third-order valence-corrected chi connectivity index (χ3v) is 7.37. The molecule has 41 heavy (non-hydrogen) atoms. The zero-order valence-electron chi connectivity index (χ0n) is 22.0. The molecule has 2 N–H and O–H groups in total. The molecular weight excluding hydrogens is 539 g/mol. The third kappa shape index (κ3) is 4.01. The van der Waals surface area contributed by atoms with E-state index in [0.29, 0.717) is 0 Å². The number of nitro benzene ring substituents is 1. The van der Waals surface area contributed by atoms with Gasteiger partial charge in [-0.25, -0.2) is 14.0 Å². The molecule has 2 aliphatic rings. The normalized spacial score (nSPS) is 22.2. The van der Waals surface area contributed by atoms with Gasteiger partial charge in [0, 0.05) is 17.7 Å². The summed E-state index contributed by atoms with van der Waals surface area (Å²) in [6.07, 6.45) is 0. The lowest BCUT2D eigenvalue weighted by molar-refractivity contribution is -0.385. The molecule has 2 aliphatic heterocycles. The number of carbonyl (C=O) groups is 3. The van der Waals surface area contributed by atoms with Crippen molar-refractivity contribution in [2.24, 2.45) is 0 Å². The fraction of sp³-hybridized carbons (Fsp3) is 0.276. The number of esters is 2. The van der Waals surface area contributed by atoms with Crippen LogP contribution in [0.2, 0.25) is 0 Å². The Hall–Kier alpha value is -4.84. The maximum Gasteiger partial charge on any atom is 0.338 e. The smallest absolute Gasteiger partial charge is 0.338 e. The number of Topliss-reactive ketones (excluding diaryl/α,β-unsaturated/α-hetero) is 1. The average Bonchev–Trinajstić information content (AvgIpc) is 3.42. The first kappa shape index (κ1) is 27.7. The second-order valence-electron chi connectivity index (χ2n) is 9.50. The zero-order chi connectivity index (χ0) is 29.5. The number of hydrogen-bond acceptors (Lipinski definition) is 10. The number of nitrogens with zero attached hydrogens (tertiary/aromatic N) is 1. The Labute approximate surface area is 233 Å². The Morgan fingerprint density at radius 1 is 1.02 bits per heavy atom. The van der Waals surface area contributed by atoms with E-state index in [1.54, 1.807) is 12.1 Å². The maximum absolute atomic E-state index is 15.7. The highest BCUT2D eigenvalue weighted by molar-refractivity contribution is 6.14. The van der Waals surface area contributed by atoms with Crippen molar-refractivity contribution in [3.8, 4) is 11.5 Å². The molecule has 1 spiro atoms. The summed E-state index contributed by atoms with van der Waals surface area (Å²) in [5, 5.41) is 25.5. The molecule has 0 bridgehead atoms. The molecule has 12 heteroatoms. The molecule has 3 aromatic rings. The number of carbonyl (C=O) groups excluding carboxylic acids is 3. The first-order chi connectivity index (χ1) is 19.6. The fourth-order valence-electron chi connectivity index (χ4n) is 5.76. The summed E-state index contributed by atoms with van der Waals surface area (Å²) in [6.45, 7) is 2.61. The number of hydrogen-bond donors (Lipinski definition) is 2. The Kier molecular flexibility index (Phi) is 6.95. The lowest BCUT2D eigenvalue weighted by Crippen LogP contribution is -2.61. The zero-order valence-corrected chi connectivity index (χ0v) is 22.0. The minimum Gasteiger partial charge on any atom is -0.508 e. The van der Waals surface area contributed by atoms with Crippen molar-refractivity contribution in [1.29, 1.82) is 0 Å². The van der Waals surface area contributed by atoms with Gasteiger partial charge in [0.05, 0.1) is 35.7 Å². The van der Waals surface area contributed by atoms with Crippen LogP contribution in [0.1, 0.15) is 47.3 Å². The van der Waals surface area contributed by atoms with Gasteiger partial charge in [0.1, 0.15) is 17.3 Å². The highest BCUT2D eigenvalue weighted by Crippen LogP contribution is 2.60. The van der Waals surface area contributed by atoms with Crippen LogP contribution < -0.4 is 10.1 Å². The first-order valence-electron chi connectivity index (χ1n) is 12.8. The number of rotatable bonds is 7. The number of fused-ring (bicyclic) bond motifs is 1. The van der Waals surface area contributed by atoms with Crippen LogP contribution in [0.4, 0.5) is 10.1 Å². The van der Waals surface area contributed by atoms with Gasteiger partial charge in [0.2, 0.25) is 16.9 Å². The van der Waals surface area contributed by atoms with E-state index in [1.165, 1.54) is 44.2 Å². The molecule has 0 radical (unpaired) electrons. The highest BCUT2D eigenvalue weighted by atomic mass is 19.1. The van der Waals surface area contributed by atoms with Crippen molar-refractivity contribution in [3.63, 3.8) is 0 Å². The van der Waals surface area contributed by atoms with E-state index in [2.05, 4.69) is 5.32 Å². The number of ether oxygens (including phenoxy) is 3. The van der Waals surface area contributed by atoms with Crippen LogP contribution in [0.5, 0.6) is 11.5 Å². The number of benzene rings is 3. The van der Waals surface area contributed by atoms with Gasteiger partial charge in [-0.1, -0.05) is 30.3 Å². The van der Waals surface area contributed by atoms with E-state index in [-0.39, 0.29) is 35.7 Å². The lowest BCUT2D eigenvalue weighted by Gasteiger charge is -2.37. The lowest BCUT2D eigenvalue weighted by atomic mass is 9.68. The standard InChI is InChI=1S/C29H25FN2O9/c1-3-39-26(35)28(27(36)40-4-2)23(17-9-5-7-11-20(17)30)29(25(34)18-10-6-8-12-22(18)41-29)24(31-28)19-15-16(32(37)38)13-14-21(19)33/h5-15,23-24,31,33H,3-4H2,1-2H3/t23-,24-,29-/m1/s1. The molecule has 0 saturated carbocycles. The van der Waals surface area contributed by atoms with Crippen molar-refractivity contribution in [2.75, 3.05) is 13.2 Å². The molecule has 0 aliphatic carbocycles. The molecule has 0 unspecified atom stereocenters. The summed E-state index contributed by atoms with van der Waals surface area (Å²) in [4.78, 5) is 53.2. The number of ketones is 1. The van der Waals surface area contributed by atoms with Crippen molar-refractivity contribution in [1.82, 2.24) is 5.32 Å². The van der Waals surface area contributed by atoms with Crippen LogP contribution >= 0.6 is 0 Å². The van der Waals surface area contributed by atoms with Gasteiger partial charge in [0.25, 0.3) is 5.69 Å². The van der Waals surface area contributed by atoms with E-state index in [1.807, 2.05) is 0 Å². The van der Waals surface area contributed by atoms with Gasteiger partial charge in [-0.3, -0.25) is 20.2 Å². The van der Waals surface area contributed by atoms with E-state index in [0.717, 1.165) is 24.3 Å². The number of para-hydroxylation sites is 1. The topological polar surface area (TPSA) is 154 Å². The molecule has 1 saturated heterocycles. The Balaban J connectivity index is 1.91. The van der Waals surface area contributed by atoms with Crippen LogP contribution in [-0.4, -0.2) is 52.1 Å². The molecule has 2 heterocycles. The molecule has 5 rings (SSSR count). The minimum atomic E-state index is -2.59. The molecule has 212 valence electrons. The largest absolute Gasteiger partial charge is 0.508 e. The quantitative estimate of drug-likeness (QED) is 0.188. The van der Waals surface area contributed by atoms with Crippen LogP contribution in [0.15, 0.2) is 66.7 Å². The van der Waals surface area contributed by atoms with Crippen molar-refractivity contribution < 1.29 is 43.0 Å². The van der Waals surface area contributed by atoms with Gasteiger partial charge in [-0.05, 0) is 43.7 Å². The number of nitro groups is 1. The Bertz CT molecular complexity index is 1560. The van der Waals surface area contributed by atoms with E-state index < -0.39 is 63.0 Å². The van der Waals surface area contributed by atoms with E-state index >= 15 is 4.39 Å². The summed E-state index contributed by atoms with van der Waals surface area (Å²) in [5.74, 6) is -6.20. The SMILES string of the molecule is CCOC(=O)C1(C(=O)OCC)N[C@H](c2cc([N+](=O)[O-])ccc2O)[C@]2(Oc3ccccc3C2=O)[C@@H]1c1ccccc1F.